The topological polar surface area (TPSA) is 55.4 Å². The smallest absolute Gasteiger partial charge is 0.328 e. The summed E-state index contributed by atoms with van der Waals surface area (Å²) in [6.07, 6.45) is 0.488. The molecule has 0 radical (unpaired) electrons. The first kappa shape index (κ1) is 12.3. The minimum Gasteiger partial charge on any atom is -0.464 e. The standard InChI is InChI=1S/C8H15NO3S/c1-3-12-8(11)7(4-5-13)9-6(2)10/h7,13H,3-5H2,1-2H3,(H,9,10). The zero-order valence-electron chi connectivity index (χ0n) is 7.87. The molecule has 0 bridgehead atoms. The van der Waals surface area contributed by atoms with Crippen LogP contribution in [0.1, 0.15) is 20.3 Å². The van der Waals surface area contributed by atoms with Gasteiger partial charge in [-0.15, -0.1) is 0 Å². The highest BCUT2D eigenvalue weighted by atomic mass is 32.1. The van der Waals surface area contributed by atoms with Gasteiger partial charge < -0.3 is 10.1 Å². The van der Waals surface area contributed by atoms with Gasteiger partial charge in [-0.3, -0.25) is 4.79 Å². The maximum Gasteiger partial charge on any atom is 0.328 e. The van der Waals surface area contributed by atoms with Crippen molar-refractivity contribution in [3.8, 4) is 0 Å². The van der Waals surface area contributed by atoms with Gasteiger partial charge in [0.1, 0.15) is 6.04 Å². The molecule has 0 saturated heterocycles. The molecule has 0 aromatic rings. The largest absolute Gasteiger partial charge is 0.464 e. The first-order valence-corrected chi connectivity index (χ1v) is 4.79. The number of carbonyl (C=O) groups is 2. The van der Waals surface area contributed by atoms with Crippen LogP contribution < -0.4 is 5.32 Å². The third-order valence-corrected chi connectivity index (χ3v) is 1.62. The molecular weight excluding hydrogens is 190 g/mol. The van der Waals surface area contributed by atoms with Crippen LogP contribution in [-0.2, 0) is 14.3 Å². The Bertz CT molecular complexity index is 184. The number of amides is 1. The normalized spacial score (nSPS) is 11.9. The second-order valence-corrected chi connectivity index (χ2v) is 2.96. The maximum atomic E-state index is 11.2. The SMILES string of the molecule is CCOC(=O)C(CCS)NC(C)=O. The molecule has 0 spiro atoms. The number of ether oxygens (including phenoxy) is 1. The van der Waals surface area contributed by atoms with E-state index in [1.54, 1.807) is 6.92 Å². The predicted octanol–water partition coefficient (Wildman–Crippen LogP) is 0.374. The monoisotopic (exact) mass is 205 g/mol. The van der Waals surface area contributed by atoms with Gasteiger partial charge >= 0.3 is 5.97 Å². The highest BCUT2D eigenvalue weighted by Gasteiger charge is 2.19. The number of hydrogen-bond donors (Lipinski definition) is 2. The summed E-state index contributed by atoms with van der Waals surface area (Å²) < 4.78 is 4.77. The second-order valence-electron chi connectivity index (χ2n) is 2.52. The molecule has 1 atom stereocenters. The average molecular weight is 205 g/mol. The fraction of sp³-hybridized carbons (Fsp3) is 0.750. The van der Waals surface area contributed by atoms with Gasteiger partial charge in [-0.1, -0.05) is 0 Å². The van der Waals surface area contributed by atoms with Crippen molar-refractivity contribution in [2.24, 2.45) is 0 Å². The van der Waals surface area contributed by atoms with E-state index in [4.69, 9.17) is 4.74 Å². The molecule has 1 N–H and O–H groups in total. The summed E-state index contributed by atoms with van der Waals surface area (Å²) >= 11 is 3.99. The minimum absolute atomic E-state index is 0.236. The number of nitrogens with one attached hydrogen (secondary N) is 1. The molecule has 0 aliphatic carbocycles. The number of carbonyl (C=O) groups excluding carboxylic acids is 2. The van der Waals surface area contributed by atoms with Crippen LogP contribution in [0.3, 0.4) is 0 Å². The maximum absolute atomic E-state index is 11.2. The minimum atomic E-state index is -0.560. The van der Waals surface area contributed by atoms with E-state index >= 15 is 0 Å². The van der Waals surface area contributed by atoms with E-state index in [0.29, 0.717) is 18.8 Å². The first-order chi connectivity index (χ1) is 6.11. The van der Waals surface area contributed by atoms with E-state index in [2.05, 4.69) is 17.9 Å². The third-order valence-electron chi connectivity index (χ3n) is 1.37. The zero-order valence-corrected chi connectivity index (χ0v) is 8.77. The Hall–Kier alpha value is -0.710. The van der Waals surface area contributed by atoms with Crippen molar-refractivity contribution in [2.45, 2.75) is 26.3 Å². The molecule has 1 unspecified atom stereocenters. The van der Waals surface area contributed by atoms with Crippen molar-refractivity contribution in [1.82, 2.24) is 5.32 Å². The fourth-order valence-electron chi connectivity index (χ4n) is 0.866. The van der Waals surface area contributed by atoms with Gasteiger partial charge in [0.2, 0.25) is 5.91 Å². The highest BCUT2D eigenvalue weighted by Crippen LogP contribution is 1.97. The Kier molecular flexibility index (Phi) is 6.40. The average Bonchev–Trinajstić information content (AvgIpc) is 2.03. The van der Waals surface area contributed by atoms with Crippen LogP contribution >= 0.6 is 12.6 Å². The lowest BCUT2D eigenvalue weighted by molar-refractivity contribution is -0.147. The molecule has 0 heterocycles. The van der Waals surface area contributed by atoms with E-state index in [1.165, 1.54) is 6.92 Å². The molecule has 1 amide bonds. The van der Waals surface area contributed by atoms with Crippen LogP contribution in [0.4, 0.5) is 0 Å². The summed E-state index contributed by atoms with van der Waals surface area (Å²) in [5, 5.41) is 2.50. The van der Waals surface area contributed by atoms with Gasteiger partial charge in [0.05, 0.1) is 6.61 Å². The van der Waals surface area contributed by atoms with Gasteiger partial charge in [-0.25, -0.2) is 4.79 Å². The molecule has 0 aliphatic rings. The molecule has 5 heteroatoms. The molecule has 0 aromatic heterocycles. The molecule has 13 heavy (non-hydrogen) atoms. The quantitative estimate of drug-likeness (QED) is 0.504. The molecule has 0 fully saturated rings. The van der Waals surface area contributed by atoms with Crippen LogP contribution in [0.25, 0.3) is 0 Å². The summed E-state index contributed by atoms with van der Waals surface area (Å²) in [6.45, 7) is 3.41. The number of esters is 1. The fourth-order valence-corrected chi connectivity index (χ4v) is 1.12. The van der Waals surface area contributed by atoms with Crippen molar-refractivity contribution in [2.75, 3.05) is 12.4 Å². The van der Waals surface area contributed by atoms with Crippen LogP contribution in [0.15, 0.2) is 0 Å². The van der Waals surface area contributed by atoms with Gasteiger partial charge in [-0.2, -0.15) is 12.6 Å². The van der Waals surface area contributed by atoms with Crippen LogP contribution in [0.5, 0.6) is 0 Å². The van der Waals surface area contributed by atoms with Gasteiger partial charge in [-0.05, 0) is 19.1 Å². The number of rotatable bonds is 5. The van der Waals surface area contributed by atoms with E-state index in [1.807, 2.05) is 0 Å². The van der Waals surface area contributed by atoms with Gasteiger partial charge in [0, 0.05) is 6.92 Å². The molecule has 0 rings (SSSR count). The van der Waals surface area contributed by atoms with Crippen molar-refractivity contribution in [3.63, 3.8) is 0 Å². The van der Waals surface area contributed by atoms with E-state index in [9.17, 15) is 9.59 Å². The summed E-state index contributed by atoms with van der Waals surface area (Å²) in [5.41, 5.74) is 0. The molecule has 0 aromatic carbocycles. The Morgan fingerprint density at radius 2 is 2.15 bits per heavy atom. The summed E-state index contributed by atoms with van der Waals surface area (Å²) in [7, 11) is 0. The highest BCUT2D eigenvalue weighted by molar-refractivity contribution is 7.80. The molecule has 4 nitrogen and oxygen atoms in total. The lowest BCUT2D eigenvalue weighted by Crippen LogP contribution is -2.41. The lowest BCUT2D eigenvalue weighted by atomic mass is 10.2. The van der Waals surface area contributed by atoms with Gasteiger partial charge in [0.25, 0.3) is 0 Å². The second kappa shape index (κ2) is 6.77. The summed E-state index contributed by atoms with van der Waals surface area (Å²) in [4.78, 5) is 21.9. The van der Waals surface area contributed by atoms with Crippen molar-refractivity contribution in [3.05, 3.63) is 0 Å². The summed E-state index contributed by atoms with van der Waals surface area (Å²) in [5.74, 6) is -0.101. The Labute approximate surface area is 83.4 Å². The molecule has 0 aliphatic heterocycles. The van der Waals surface area contributed by atoms with Crippen LogP contribution in [0, 0.1) is 0 Å². The third kappa shape index (κ3) is 5.52. The van der Waals surface area contributed by atoms with Crippen molar-refractivity contribution < 1.29 is 14.3 Å². The van der Waals surface area contributed by atoms with E-state index in [-0.39, 0.29) is 5.91 Å². The summed E-state index contributed by atoms with van der Waals surface area (Å²) in [6, 6.07) is -0.560. The van der Waals surface area contributed by atoms with E-state index < -0.39 is 12.0 Å². The van der Waals surface area contributed by atoms with E-state index in [0.717, 1.165) is 0 Å². The number of thiol groups is 1. The molecular formula is C8H15NO3S. The van der Waals surface area contributed by atoms with Crippen LogP contribution in [0.2, 0.25) is 0 Å². The zero-order chi connectivity index (χ0) is 10.3. The van der Waals surface area contributed by atoms with Crippen molar-refractivity contribution >= 4 is 24.5 Å². The molecule has 76 valence electrons. The Morgan fingerprint density at radius 3 is 2.54 bits per heavy atom. The predicted molar refractivity (Wildman–Crippen MR) is 52.7 cm³/mol. The lowest BCUT2D eigenvalue weighted by Gasteiger charge is -2.14. The first-order valence-electron chi connectivity index (χ1n) is 4.16. The number of hydrogen-bond acceptors (Lipinski definition) is 4. The Balaban J connectivity index is 4.06. The molecule has 0 saturated carbocycles. The van der Waals surface area contributed by atoms with Crippen molar-refractivity contribution in [1.29, 1.82) is 0 Å². The van der Waals surface area contributed by atoms with Crippen LogP contribution in [-0.4, -0.2) is 30.3 Å². The Morgan fingerprint density at radius 1 is 1.54 bits per heavy atom. The van der Waals surface area contributed by atoms with Gasteiger partial charge in [0.15, 0.2) is 0 Å².